The van der Waals surface area contributed by atoms with E-state index in [0.29, 0.717) is 30.0 Å². The van der Waals surface area contributed by atoms with Gasteiger partial charge in [0.15, 0.2) is 0 Å². The molecule has 0 atom stereocenters. The second kappa shape index (κ2) is 8.49. The number of para-hydroxylation sites is 1. The second-order valence-corrected chi connectivity index (χ2v) is 6.52. The molecule has 0 aliphatic carbocycles. The molecule has 0 unspecified atom stereocenters. The Bertz CT molecular complexity index is 709. The lowest BCUT2D eigenvalue weighted by atomic mass is 10.1. The summed E-state index contributed by atoms with van der Waals surface area (Å²) in [5.74, 6) is 0.216. The maximum absolute atomic E-state index is 12.1. The van der Waals surface area contributed by atoms with Crippen LogP contribution in [0, 0.1) is 13.8 Å². The third-order valence-electron chi connectivity index (χ3n) is 3.59. The SMILES string of the molecule is COC(=O)c1c(NC(=O)CCCOc2ccccc2)sc(C)c1C. The van der Waals surface area contributed by atoms with Gasteiger partial charge in [0, 0.05) is 11.3 Å². The molecule has 6 heteroatoms. The number of rotatable bonds is 7. The number of aryl methyl sites for hydroxylation is 1. The van der Waals surface area contributed by atoms with Crippen LogP contribution in [0.1, 0.15) is 33.6 Å². The first kappa shape index (κ1) is 18.0. The quantitative estimate of drug-likeness (QED) is 0.608. The Kier molecular flexibility index (Phi) is 6.37. The maximum Gasteiger partial charge on any atom is 0.341 e. The highest BCUT2D eigenvalue weighted by molar-refractivity contribution is 7.16. The van der Waals surface area contributed by atoms with Crippen LogP contribution in [0.25, 0.3) is 0 Å². The third kappa shape index (κ3) is 4.58. The number of amides is 1. The molecule has 24 heavy (non-hydrogen) atoms. The third-order valence-corrected chi connectivity index (χ3v) is 4.71. The monoisotopic (exact) mass is 347 g/mol. The fraction of sp³-hybridized carbons (Fsp3) is 0.333. The minimum atomic E-state index is -0.431. The van der Waals surface area contributed by atoms with Crippen molar-refractivity contribution in [1.29, 1.82) is 0 Å². The lowest BCUT2D eigenvalue weighted by Gasteiger charge is -2.07. The van der Waals surface area contributed by atoms with Crippen molar-refractivity contribution >= 4 is 28.2 Å². The van der Waals surface area contributed by atoms with Crippen LogP contribution in [0.4, 0.5) is 5.00 Å². The summed E-state index contributed by atoms with van der Waals surface area (Å²) in [5, 5.41) is 3.36. The van der Waals surface area contributed by atoms with E-state index in [1.54, 1.807) is 0 Å². The average molecular weight is 347 g/mol. The molecular formula is C18H21NO4S. The van der Waals surface area contributed by atoms with Gasteiger partial charge in [0.25, 0.3) is 0 Å². The minimum absolute atomic E-state index is 0.141. The first-order valence-corrected chi connectivity index (χ1v) is 8.50. The fourth-order valence-corrected chi connectivity index (χ4v) is 3.26. The molecule has 128 valence electrons. The lowest BCUT2D eigenvalue weighted by molar-refractivity contribution is -0.116. The molecule has 0 fully saturated rings. The molecule has 1 aromatic carbocycles. The molecule has 0 aliphatic heterocycles. The molecule has 2 aromatic rings. The summed E-state index contributed by atoms with van der Waals surface area (Å²) in [7, 11) is 1.33. The van der Waals surface area contributed by atoms with Crippen molar-refractivity contribution in [2.24, 2.45) is 0 Å². The van der Waals surface area contributed by atoms with Gasteiger partial charge in [0.2, 0.25) is 5.91 Å². The van der Waals surface area contributed by atoms with Gasteiger partial charge in [-0.15, -0.1) is 11.3 Å². The van der Waals surface area contributed by atoms with Gasteiger partial charge < -0.3 is 14.8 Å². The number of anilines is 1. The van der Waals surface area contributed by atoms with E-state index in [2.05, 4.69) is 5.32 Å². The van der Waals surface area contributed by atoms with E-state index in [1.807, 2.05) is 44.2 Å². The summed E-state index contributed by atoms with van der Waals surface area (Å²) in [4.78, 5) is 25.0. The van der Waals surface area contributed by atoms with E-state index >= 15 is 0 Å². The Labute approximate surface area is 145 Å². The zero-order chi connectivity index (χ0) is 17.5. The number of ether oxygens (including phenoxy) is 2. The van der Waals surface area contributed by atoms with Crippen molar-refractivity contribution in [3.63, 3.8) is 0 Å². The molecule has 2 rings (SSSR count). The van der Waals surface area contributed by atoms with Gasteiger partial charge in [-0.05, 0) is 38.0 Å². The van der Waals surface area contributed by atoms with Crippen LogP contribution in [0.15, 0.2) is 30.3 Å². The fourth-order valence-electron chi connectivity index (χ4n) is 2.19. The summed E-state index contributed by atoms with van der Waals surface area (Å²) >= 11 is 1.39. The van der Waals surface area contributed by atoms with Crippen LogP contribution in [0.5, 0.6) is 5.75 Å². The van der Waals surface area contributed by atoms with Gasteiger partial charge in [-0.3, -0.25) is 4.79 Å². The molecule has 0 aliphatic rings. The number of methoxy groups -OCH3 is 1. The van der Waals surface area contributed by atoms with Gasteiger partial charge >= 0.3 is 5.97 Å². The highest BCUT2D eigenvalue weighted by atomic mass is 32.1. The second-order valence-electron chi connectivity index (χ2n) is 5.29. The number of hydrogen-bond acceptors (Lipinski definition) is 5. The zero-order valence-electron chi connectivity index (χ0n) is 14.0. The summed E-state index contributed by atoms with van der Waals surface area (Å²) in [6.07, 6.45) is 0.918. The van der Waals surface area contributed by atoms with Crippen molar-refractivity contribution in [3.05, 3.63) is 46.3 Å². The molecule has 1 aromatic heterocycles. The zero-order valence-corrected chi connectivity index (χ0v) is 14.9. The normalized spacial score (nSPS) is 10.3. The summed E-state index contributed by atoms with van der Waals surface area (Å²) in [5.41, 5.74) is 1.28. The molecule has 1 N–H and O–H groups in total. The van der Waals surface area contributed by atoms with Crippen molar-refractivity contribution < 1.29 is 19.1 Å². The lowest BCUT2D eigenvalue weighted by Crippen LogP contribution is -2.14. The number of benzene rings is 1. The van der Waals surface area contributed by atoms with Crippen molar-refractivity contribution in [3.8, 4) is 5.75 Å². The number of carbonyl (C=O) groups excluding carboxylic acids is 2. The molecule has 0 spiro atoms. The number of nitrogens with one attached hydrogen (secondary N) is 1. The molecule has 1 heterocycles. The van der Waals surface area contributed by atoms with Crippen molar-refractivity contribution in [1.82, 2.24) is 0 Å². The maximum atomic E-state index is 12.1. The first-order chi connectivity index (χ1) is 11.5. The standard InChI is InChI=1S/C18H21NO4S/c1-12-13(2)24-17(16(12)18(21)22-3)19-15(20)10-7-11-23-14-8-5-4-6-9-14/h4-6,8-9H,7,10-11H2,1-3H3,(H,19,20). The van der Waals surface area contributed by atoms with E-state index in [9.17, 15) is 9.59 Å². The van der Waals surface area contributed by atoms with Gasteiger partial charge in [0.05, 0.1) is 19.3 Å². The average Bonchev–Trinajstić information content (AvgIpc) is 2.86. The van der Waals surface area contributed by atoms with Gasteiger partial charge in [-0.2, -0.15) is 0 Å². The van der Waals surface area contributed by atoms with E-state index < -0.39 is 5.97 Å². The number of hydrogen-bond donors (Lipinski definition) is 1. The van der Waals surface area contributed by atoms with Crippen LogP contribution in [0.3, 0.4) is 0 Å². The minimum Gasteiger partial charge on any atom is -0.494 e. The van der Waals surface area contributed by atoms with Crippen molar-refractivity contribution in [2.75, 3.05) is 19.0 Å². The number of thiophene rings is 1. The van der Waals surface area contributed by atoms with Gasteiger partial charge in [0.1, 0.15) is 10.8 Å². The predicted molar refractivity (Wildman–Crippen MR) is 94.9 cm³/mol. The molecule has 0 saturated heterocycles. The van der Waals surface area contributed by atoms with Crippen LogP contribution < -0.4 is 10.1 Å². The summed E-state index contributed by atoms with van der Waals surface area (Å²) in [6, 6.07) is 9.47. The molecule has 5 nitrogen and oxygen atoms in total. The Morgan fingerprint density at radius 3 is 2.54 bits per heavy atom. The molecule has 1 amide bonds. The van der Waals surface area contributed by atoms with E-state index in [1.165, 1.54) is 18.4 Å². The number of carbonyl (C=O) groups is 2. The van der Waals surface area contributed by atoms with Crippen LogP contribution >= 0.6 is 11.3 Å². The van der Waals surface area contributed by atoms with Crippen molar-refractivity contribution in [2.45, 2.75) is 26.7 Å². The Morgan fingerprint density at radius 2 is 1.88 bits per heavy atom. The largest absolute Gasteiger partial charge is 0.494 e. The van der Waals surface area contributed by atoms with Crippen LogP contribution in [-0.4, -0.2) is 25.6 Å². The molecule has 0 bridgehead atoms. The molecular weight excluding hydrogens is 326 g/mol. The Morgan fingerprint density at radius 1 is 1.17 bits per heavy atom. The van der Waals surface area contributed by atoms with E-state index in [4.69, 9.17) is 9.47 Å². The summed E-state index contributed by atoms with van der Waals surface area (Å²) in [6.45, 7) is 4.22. The van der Waals surface area contributed by atoms with E-state index in [-0.39, 0.29) is 5.91 Å². The summed E-state index contributed by atoms with van der Waals surface area (Å²) < 4.78 is 10.4. The van der Waals surface area contributed by atoms with Crippen LogP contribution in [0.2, 0.25) is 0 Å². The first-order valence-electron chi connectivity index (χ1n) is 7.69. The Balaban J connectivity index is 1.86. The smallest absolute Gasteiger partial charge is 0.341 e. The highest BCUT2D eigenvalue weighted by Gasteiger charge is 2.21. The van der Waals surface area contributed by atoms with Gasteiger partial charge in [-0.25, -0.2) is 4.79 Å². The molecule has 0 radical (unpaired) electrons. The topological polar surface area (TPSA) is 64.6 Å². The van der Waals surface area contributed by atoms with E-state index in [0.717, 1.165) is 16.2 Å². The Hall–Kier alpha value is -2.34. The van der Waals surface area contributed by atoms with Gasteiger partial charge in [-0.1, -0.05) is 18.2 Å². The molecule has 0 saturated carbocycles. The number of esters is 1. The van der Waals surface area contributed by atoms with Crippen LogP contribution in [-0.2, 0) is 9.53 Å². The predicted octanol–water partition coefficient (Wildman–Crippen LogP) is 3.95. The highest BCUT2D eigenvalue weighted by Crippen LogP contribution is 2.33.